The van der Waals surface area contributed by atoms with Crippen molar-refractivity contribution in [3.63, 3.8) is 0 Å². The average Bonchev–Trinajstić information content (AvgIpc) is 1.86. The molecule has 0 N–H and O–H groups in total. The van der Waals surface area contributed by atoms with Crippen molar-refractivity contribution in [2.45, 2.75) is 4.90 Å². The highest BCUT2D eigenvalue weighted by Gasteiger charge is 2.10. The Labute approximate surface area is 69.9 Å². The molecule has 0 unspecified atom stereocenters. The zero-order chi connectivity index (χ0) is 8.48. The first-order valence-corrected chi connectivity index (χ1v) is 5.08. The summed E-state index contributed by atoms with van der Waals surface area (Å²) in [6.07, 6.45) is 3.77. The van der Waals surface area contributed by atoms with Crippen molar-refractivity contribution in [2.24, 2.45) is 0 Å². The molecule has 0 bridgehead atoms. The quantitative estimate of drug-likeness (QED) is 0.669. The van der Waals surface area contributed by atoms with E-state index in [1.54, 1.807) is 0 Å². The van der Waals surface area contributed by atoms with E-state index in [0.29, 0.717) is 0 Å². The number of nitrogens with zero attached hydrogens (tertiary/aromatic N) is 1. The van der Waals surface area contributed by atoms with Crippen LogP contribution in [-0.4, -0.2) is 19.7 Å². The minimum absolute atomic E-state index is 0.0710. The molecule has 1 aromatic rings. The predicted octanol–water partition coefficient (Wildman–Crippen LogP) is 1.14. The van der Waals surface area contributed by atoms with E-state index in [-0.39, 0.29) is 9.92 Å². The Kier molecular flexibility index (Phi) is 2.15. The molecule has 0 spiro atoms. The number of hydrogen-bond donors (Lipinski definition) is 0. The number of halogens is 1. The summed E-state index contributed by atoms with van der Waals surface area (Å²) in [5, 5.41) is 0.211. The monoisotopic (exact) mass is 191 g/mol. The molecule has 0 aromatic carbocycles. The highest BCUT2D eigenvalue weighted by atomic mass is 35.5. The summed E-state index contributed by atoms with van der Waals surface area (Å²) in [7, 11) is -3.23. The van der Waals surface area contributed by atoms with Gasteiger partial charge >= 0.3 is 0 Å². The van der Waals surface area contributed by atoms with Crippen LogP contribution < -0.4 is 0 Å². The van der Waals surface area contributed by atoms with Gasteiger partial charge in [-0.25, -0.2) is 8.42 Å². The minimum Gasteiger partial charge on any atom is -0.263 e. The van der Waals surface area contributed by atoms with E-state index in [0.717, 1.165) is 6.26 Å². The van der Waals surface area contributed by atoms with Gasteiger partial charge in [0.05, 0.1) is 5.02 Å². The molecule has 3 nitrogen and oxygen atoms in total. The van der Waals surface area contributed by atoms with Crippen LogP contribution in [0.1, 0.15) is 0 Å². The van der Waals surface area contributed by atoms with Crippen LogP contribution in [-0.2, 0) is 9.84 Å². The van der Waals surface area contributed by atoms with Gasteiger partial charge in [-0.05, 0) is 6.07 Å². The molecule has 0 radical (unpaired) electrons. The van der Waals surface area contributed by atoms with Gasteiger partial charge in [0.15, 0.2) is 9.84 Å². The summed E-state index contributed by atoms with van der Waals surface area (Å²) in [4.78, 5) is 3.72. The fourth-order valence-electron chi connectivity index (χ4n) is 0.636. The van der Waals surface area contributed by atoms with Gasteiger partial charge in [-0.3, -0.25) is 4.98 Å². The highest BCUT2D eigenvalue weighted by molar-refractivity contribution is 7.90. The molecule has 11 heavy (non-hydrogen) atoms. The summed E-state index contributed by atoms with van der Waals surface area (Å²) >= 11 is 5.59. The smallest absolute Gasteiger partial charge is 0.178 e. The Balaban J connectivity index is 3.37. The van der Waals surface area contributed by atoms with Crippen LogP contribution in [0.15, 0.2) is 23.4 Å². The number of rotatable bonds is 1. The molecule has 0 aliphatic rings. The summed E-state index contributed by atoms with van der Waals surface area (Å²) in [5.74, 6) is 0. The lowest BCUT2D eigenvalue weighted by Crippen LogP contribution is -1.98. The summed E-state index contributed by atoms with van der Waals surface area (Å²) in [5.41, 5.74) is 0. The maximum absolute atomic E-state index is 10.9. The predicted molar refractivity (Wildman–Crippen MR) is 42.4 cm³/mol. The third-order valence-corrected chi connectivity index (χ3v) is 2.70. The fourth-order valence-corrected chi connectivity index (χ4v) is 1.84. The normalized spacial score (nSPS) is 11.5. The van der Waals surface area contributed by atoms with E-state index < -0.39 is 9.84 Å². The molecule has 0 amide bonds. The molecule has 1 aromatic heterocycles. The van der Waals surface area contributed by atoms with Crippen molar-refractivity contribution < 1.29 is 8.42 Å². The van der Waals surface area contributed by atoms with Gasteiger partial charge in [-0.1, -0.05) is 11.6 Å². The number of hydrogen-bond acceptors (Lipinski definition) is 3. The van der Waals surface area contributed by atoms with Gasteiger partial charge in [0.25, 0.3) is 0 Å². The van der Waals surface area contributed by atoms with Gasteiger partial charge in [-0.15, -0.1) is 0 Å². The van der Waals surface area contributed by atoms with Crippen LogP contribution in [0.25, 0.3) is 0 Å². The first-order chi connectivity index (χ1) is 5.02. The van der Waals surface area contributed by atoms with Crippen LogP contribution in [0.3, 0.4) is 0 Å². The first kappa shape index (κ1) is 8.49. The fraction of sp³-hybridized carbons (Fsp3) is 0.167. The van der Waals surface area contributed by atoms with E-state index in [2.05, 4.69) is 4.98 Å². The van der Waals surface area contributed by atoms with E-state index in [1.165, 1.54) is 18.5 Å². The Morgan fingerprint density at radius 1 is 1.55 bits per heavy atom. The summed E-state index contributed by atoms with van der Waals surface area (Å²) in [6.45, 7) is 0. The van der Waals surface area contributed by atoms with Crippen molar-refractivity contribution in [3.8, 4) is 0 Å². The largest absolute Gasteiger partial charge is 0.263 e. The van der Waals surface area contributed by atoms with Gasteiger partial charge in [0.2, 0.25) is 0 Å². The van der Waals surface area contributed by atoms with Crippen molar-refractivity contribution in [1.29, 1.82) is 0 Å². The van der Waals surface area contributed by atoms with E-state index >= 15 is 0 Å². The first-order valence-electron chi connectivity index (χ1n) is 2.81. The lowest BCUT2D eigenvalue weighted by molar-refractivity contribution is 0.601. The zero-order valence-electron chi connectivity index (χ0n) is 5.78. The number of aromatic nitrogens is 1. The van der Waals surface area contributed by atoms with E-state index in [4.69, 9.17) is 11.6 Å². The topological polar surface area (TPSA) is 47.0 Å². The molecule has 1 rings (SSSR count). The summed E-state index contributed by atoms with van der Waals surface area (Å²) < 4.78 is 21.9. The van der Waals surface area contributed by atoms with Gasteiger partial charge < -0.3 is 0 Å². The lowest BCUT2D eigenvalue weighted by atomic mass is 10.5. The second-order valence-electron chi connectivity index (χ2n) is 2.08. The van der Waals surface area contributed by atoms with Crippen molar-refractivity contribution in [1.82, 2.24) is 4.98 Å². The van der Waals surface area contributed by atoms with Crippen LogP contribution in [0.2, 0.25) is 5.02 Å². The Hall–Kier alpha value is -0.610. The third kappa shape index (κ3) is 1.91. The highest BCUT2D eigenvalue weighted by Crippen LogP contribution is 2.18. The van der Waals surface area contributed by atoms with Crippen molar-refractivity contribution in [3.05, 3.63) is 23.5 Å². The molecule has 5 heteroatoms. The molecular weight excluding hydrogens is 186 g/mol. The molecule has 0 saturated heterocycles. The number of pyridine rings is 1. The van der Waals surface area contributed by atoms with Gasteiger partial charge in [0, 0.05) is 18.6 Å². The SMILES string of the molecule is CS(=O)(=O)c1cnccc1Cl. The van der Waals surface area contributed by atoms with Crippen molar-refractivity contribution >= 4 is 21.4 Å². The average molecular weight is 192 g/mol. The second-order valence-corrected chi connectivity index (χ2v) is 4.47. The molecule has 0 fully saturated rings. The number of sulfone groups is 1. The lowest BCUT2D eigenvalue weighted by Gasteiger charge is -1.97. The maximum atomic E-state index is 10.9. The summed E-state index contributed by atoms with van der Waals surface area (Å²) in [6, 6.07) is 1.44. The standard InChI is InChI=1S/C6H6ClNO2S/c1-11(9,10)6-4-8-3-2-5(6)7/h2-4H,1H3. The Morgan fingerprint density at radius 2 is 2.18 bits per heavy atom. The molecular formula is C6H6ClNO2S. The molecule has 1 heterocycles. The molecule has 0 aliphatic heterocycles. The van der Waals surface area contributed by atoms with Crippen LogP contribution in [0.5, 0.6) is 0 Å². The van der Waals surface area contributed by atoms with Crippen molar-refractivity contribution in [2.75, 3.05) is 6.26 Å². The van der Waals surface area contributed by atoms with Crippen LogP contribution in [0.4, 0.5) is 0 Å². The molecule has 0 saturated carbocycles. The van der Waals surface area contributed by atoms with Crippen LogP contribution >= 0.6 is 11.6 Å². The Morgan fingerprint density at radius 3 is 2.55 bits per heavy atom. The molecule has 0 aliphatic carbocycles. The third-order valence-electron chi connectivity index (χ3n) is 1.13. The van der Waals surface area contributed by atoms with Gasteiger partial charge in [0.1, 0.15) is 4.90 Å². The van der Waals surface area contributed by atoms with Crippen LogP contribution in [0, 0.1) is 0 Å². The second kappa shape index (κ2) is 2.79. The molecule has 0 atom stereocenters. The minimum atomic E-state index is -3.23. The van der Waals surface area contributed by atoms with E-state index in [1.807, 2.05) is 0 Å². The van der Waals surface area contributed by atoms with Gasteiger partial charge in [-0.2, -0.15) is 0 Å². The molecule has 60 valence electrons. The Bertz CT molecular complexity index is 361. The maximum Gasteiger partial charge on any atom is 0.178 e. The zero-order valence-corrected chi connectivity index (χ0v) is 7.35. The van der Waals surface area contributed by atoms with E-state index in [9.17, 15) is 8.42 Å².